The van der Waals surface area contributed by atoms with Crippen LogP contribution < -0.4 is 0 Å². The van der Waals surface area contributed by atoms with Crippen LogP contribution in [0.25, 0.3) is 0 Å². The van der Waals surface area contributed by atoms with Gasteiger partial charge in [0.2, 0.25) is 0 Å². The van der Waals surface area contributed by atoms with Gasteiger partial charge in [-0.3, -0.25) is 0 Å². The lowest BCUT2D eigenvalue weighted by molar-refractivity contribution is 0.144. The van der Waals surface area contributed by atoms with Crippen LogP contribution in [-0.2, 0) is 4.74 Å². The molecule has 1 heteroatoms. The first-order valence-corrected chi connectivity index (χ1v) is 6.39. The van der Waals surface area contributed by atoms with Crippen LogP contribution in [0.4, 0.5) is 0 Å². The molecule has 0 amide bonds. The molecule has 0 unspecified atom stereocenters. The van der Waals surface area contributed by atoms with E-state index in [9.17, 15) is 0 Å². The molecule has 0 saturated carbocycles. The summed E-state index contributed by atoms with van der Waals surface area (Å²) in [6, 6.07) is 0. The lowest BCUT2D eigenvalue weighted by Gasteiger charge is -2.10. The smallest absolute Gasteiger partial charge is 0.100 e. The predicted molar refractivity (Wildman–Crippen MR) is 74.5 cm³/mol. The predicted octanol–water partition coefficient (Wildman–Crippen LogP) is 5.25. The van der Waals surface area contributed by atoms with Gasteiger partial charge in [0, 0.05) is 6.42 Å². The third-order valence-electron chi connectivity index (χ3n) is 1.62. The topological polar surface area (TPSA) is 9.23 Å². The van der Waals surface area contributed by atoms with Crippen molar-refractivity contribution in [3.05, 3.63) is 35.6 Å². The minimum absolute atomic E-state index is 0.274. The van der Waals surface area contributed by atoms with Crippen molar-refractivity contribution in [1.29, 1.82) is 0 Å². The molecule has 0 radical (unpaired) electrons. The molecule has 0 N–H and O–H groups in total. The fourth-order valence-electron chi connectivity index (χ4n) is 1.10. The van der Waals surface area contributed by atoms with E-state index in [0.717, 1.165) is 12.2 Å². The highest BCUT2D eigenvalue weighted by molar-refractivity contribution is 5.27. The summed E-state index contributed by atoms with van der Waals surface area (Å²) in [5.41, 5.74) is 1.28. The van der Waals surface area contributed by atoms with Crippen molar-refractivity contribution in [2.45, 2.75) is 61.0 Å². The second kappa shape index (κ2) is 12.1. The average Bonchev–Trinajstić information content (AvgIpc) is 2.49. The second-order valence-corrected chi connectivity index (χ2v) is 3.32. The lowest BCUT2D eigenvalue weighted by atomic mass is 10.3. The Labute approximate surface area is 102 Å². The van der Waals surface area contributed by atoms with Crippen LogP contribution in [0.5, 0.6) is 0 Å². The molecule has 0 atom stereocenters. The normalized spacial score (nSPS) is 13.5. The van der Waals surface area contributed by atoms with E-state index in [1.54, 1.807) is 0 Å². The lowest BCUT2D eigenvalue weighted by Crippen LogP contribution is -2.01. The van der Waals surface area contributed by atoms with Gasteiger partial charge in [-0.25, -0.2) is 0 Å². The van der Waals surface area contributed by atoms with Crippen LogP contribution in [0, 0.1) is 0 Å². The average molecular weight is 224 g/mol. The fraction of sp³-hybridized carbons (Fsp3) is 0.600. The summed E-state index contributed by atoms with van der Waals surface area (Å²) in [5.74, 6) is 1.05. The number of hydrogen-bond acceptors (Lipinski definition) is 1. The summed E-state index contributed by atoms with van der Waals surface area (Å²) >= 11 is 0. The van der Waals surface area contributed by atoms with Gasteiger partial charge >= 0.3 is 0 Å². The molecule has 94 valence electrons. The van der Waals surface area contributed by atoms with Crippen LogP contribution >= 0.6 is 0 Å². The molecule has 0 bridgehead atoms. The van der Waals surface area contributed by atoms with Crippen molar-refractivity contribution in [3.63, 3.8) is 0 Å². The van der Waals surface area contributed by atoms with E-state index < -0.39 is 0 Å². The molecule has 1 rings (SSSR count). The largest absolute Gasteiger partial charge is 0.495 e. The number of hydrogen-bond donors (Lipinski definition) is 0. The van der Waals surface area contributed by atoms with Crippen LogP contribution in [0.3, 0.4) is 0 Å². The van der Waals surface area contributed by atoms with Gasteiger partial charge in [-0.05, 0) is 26.8 Å². The Morgan fingerprint density at radius 3 is 2.12 bits per heavy atom. The van der Waals surface area contributed by atoms with E-state index in [0.29, 0.717) is 0 Å². The SMILES string of the molecule is CC.CC.CC1=CC=C(OC(C)C)CC=C1. The molecule has 0 saturated heterocycles. The van der Waals surface area contributed by atoms with Crippen LogP contribution in [0.2, 0.25) is 0 Å². The maximum atomic E-state index is 5.58. The van der Waals surface area contributed by atoms with Gasteiger partial charge < -0.3 is 4.74 Å². The first kappa shape index (κ1) is 17.4. The highest BCUT2D eigenvalue weighted by Crippen LogP contribution is 2.13. The number of allylic oxidation sites excluding steroid dienone is 5. The Morgan fingerprint density at radius 2 is 1.62 bits per heavy atom. The highest BCUT2D eigenvalue weighted by atomic mass is 16.5. The fourth-order valence-corrected chi connectivity index (χ4v) is 1.10. The van der Waals surface area contributed by atoms with Gasteiger partial charge in [-0.15, -0.1) is 0 Å². The molecule has 1 aliphatic rings. The first-order chi connectivity index (χ1) is 7.68. The maximum Gasteiger partial charge on any atom is 0.100 e. The molecular weight excluding hydrogens is 196 g/mol. The Hall–Kier alpha value is -0.980. The molecule has 0 aromatic heterocycles. The van der Waals surface area contributed by atoms with Gasteiger partial charge in [0.1, 0.15) is 5.76 Å². The minimum atomic E-state index is 0.274. The summed E-state index contributed by atoms with van der Waals surface area (Å²) in [7, 11) is 0. The quantitative estimate of drug-likeness (QED) is 0.622. The molecule has 1 aliphatic carbocycles. The van der Waals surface area contributed by atoms with E-state index in [2.05, 4.69) is 31.2 Å². The second-order valence-electron chi connectivity index (χ2n) is 3.32. The molecule has 0 aliphatic heterocycles. The van der Waals surface area contributed by atoms with E-state index in [1.165, 1.54) is 5.57 Å². The van der Waals surface area contributed by atoms with Crippen molar-refractivity contribution in [1.82, 2.24) is 0 Å². The van der Waals surface area contributed by atoms with Gasteiger partial charge in [0.25, 0.3) is 0 Å². The molecule has 0 aromatic carbocycles. The van der Waals surface area contributed by atoms with E-state index in [1.807, 2.05) is 41.5 Å². The molecule has 0 heterocycles. The van der Waals surface area contributed by atoms with Gasteiger partial charge in [-0.1, -0.05) is 51.5 Å². The monoisotopic (exact) mass is 224 g/mol. The third-order valence-corrected chi connectivity index (χ3v) is 1.62. The molecule has 1 nitrogen and oxygen atoms in total. The summed E-state index contributed by atoms with van der Waals surface area (Å²) in [4.78, 5) is 0. The van der Waals surface area contributed by atoms with Crippen molar-refractivity contribution >= 4 is 0 Å². The van der Waals surface area contributed by atoms with Crippen molar-refractivity contribution in [3.8, 4) is 0 Å². The van der Waals surface area contributed by atoms with Crippen LogP contribution in [-0.4, -0.2) is 6.10 Å². The summed E-state index contributed by atoms with van der Waals surface area (Å²) in [6.45, 7) is 14.2. The van der Waals surface area contributed by atoms with Crippen molar-refractivity contribution in [2.24, 2.45) is 0 Å². The van der Waals surface area contributed by atoms with Gasteiger partial charge in [0.15, 0.2) is 0 Å². The zero-order chi connectivity index (χ0) is 13.0. The third kappa shape index (κ3) is 9.57. The summed E-state index contributed by atoms with van der Waals surface area (Å²) < 4.78 is 5.58. The summed E-state index contributed by atoms with van der Waals surface area (Å²) in [5, 5.41) is 0. The van der Waals surface area contributed by atoms with Gasteiger partial charge in [-0.2, -0.15) is 0 Å². The summed E-state index contributed by atoms with van der Waals surface area (Å²) in [6.07, 6.45) is 9.57. The van der Waals surface area contributed by atoms with Crippen molar-refractivity contribution in [2.75, 3.05) is 0 Å². The van der Waals surface area contributed by atoms with E-state index >= 15 is 0 Å². The zero-order valence-corrected chi connectivity index (χ0v) is 12.0. The first-order valence-electron chi connectivity index (χ1n) is 6.39. The van der Waals surface area contributed by atoms with Crippen molar-refractivity contribution < 1.29 is 4.74 Å². The van der Waals surface area contributed by atoms with Crippen LogP contribution in [0.15, 0.2) is 35.6 Å². The number of ether oxygens (including phenoxy) is 1. The standard InChI is InChI=1S/C11H16O.2C2H6/c1-9(2)12-11-6-4-5-10(3)7-8-11;2*1-2/h4-5,7-9H,6H2,1-3H3;2*1-2H3. The molecule has 0 spiro atoms. The molecule has 16 heavy (non-hydrogen) atoms. The van der Waals surface area contributed by atoms with Crippen LogP contribution in [0.1, 0.15) is 54.9 Å². The Bertz CT molecular complexity index is 232. The van der Waals surface area contributed by atoms with Gasteiger partial charge in [0.05, 0.1) is 6.10 Å². The number of rotatable bonds is 2. The maximum absolute atomic E-state index is 5.58. The minimum Gasteiger partial charge on any atom is -0.495 e. The van der Waals surface area contributed by atoms with E-state index in [4.69, 9.17) is 4.74 Å². The molecule has 0 fully saturated rings. The Balaban J connectivity index is 0. The Morgan fingerprint density at radius 1 is 1.06 bits per heavy atom. The molecule has 0 aromatic rings. The van der Waals surface area contributed by atoms with E-state index in [-0.39, 0.29) is 6.10 Å². The zero-order valence-electron chi connectivity index (χ0n) is 12.0. The Kier molecular flexibility index (Phi) is 13.2. The molecular formula is C15H28O. The highest BCUT2D eigenvalue weighted by Gasteiger charge is 2.00.